The topological polar surface area (TPSA) is 21.3 Å². The molecular weight excluding hydrogens is 305 g/mol. The van der Waals surface area contributed by atoms with E-state index in [9.17, 15) is 0 Å². The number of halogens is 2. The molecule has 1 atom stereocenters. The Morgan fingerprint density at radius 2 is 1.62 bits per heavy atom. The van der Waals surface area contributed by atoms with Gasteiger partial charge in [0.1, 0.15) is 11.5 Å². The van der Waals surface area contributed by atoms with Gasteiger partial charge in [0.25, 0.3) is 0 Å². The van der Waals surface area contributed by atoms with Crippen LogP contribution in [0.15, 0.2) is 30.3 Å². The van der Waals surface area contributed by atoms with Crippen LogP contribution in [0.1, 0.15) is 29.7 Å². The van der Waals surface area contributed by atoms with Crippen molar-refractivity contribution in [3.05, 3.63) is 57.1 Å². The van der Waals surface area contributed by atoms with E-state index in [2.05, 4.69) is 12.2 Å². The quantitative estimate of drug-likeness (QED) is 0.781. The van der Waals surface area contributed by atoms with Gasteiger partial charge >= 0.3 is 0 Å². The summed E-state index contributed by atoms with van der Waals surface area (Å²) in [5.41, 5.74) is 3.05. The zero-order valence-electron chi connectivity index (χ0n) is 12.6. The van der Waals surface area contributed by atoms with Crippen LogP contribution in [0.5, 0.6) is 11.5 Å². The van der Waals surface area contributed by atoms with Crippen LogP contribution in [-0.2, 0) is 0 Å². The molecule has 0 bridgehead atoms. The maximum atomic E-state index is 6.32. The summed E-state index contributed by atoms with van der Waals surface area (Å²) in [5, 5.41) is 4.64. The monoisotopic (exact) mass is 323 g/mol. The van der Waals surface area contributed by atoms with Gasteiger partial charge in [0.15, 0.2) is 0 Å². The molecule has 2 aromatic carbocycles. The number of benzene rings is 2. The van der Waals surface area contributed by atoms with Crippen molar-refractivity contribution in [1.82, 2.24) is 5.32 Å². The van der Waals surface area contributed by atoms with Crippen LogP contribution < -0.4 is 10.1 Å². The van der Waals surface area contributed by atoms with Gasteiger partial charge in [-0.25, -0.2) is 0 Å². The molecule has 0 aromatic heterocycles. The van der Waals surface area contributed by atoms with E-state index >= 15 is 0 Å². The molecule has 2 nitrogen and oxygen atoms in total. The van der Waals surface area contributed by atoms with Crippen LogP contribution in [0.2, 0.25) is 10.0 Å². The van der Waals surface area contributed by atoms with Gasteiger partial charge < -0.3 is 10.1 Å². The lowest BCUT2D eigenvalue weighted by atomic mass is 10.1. The fourth-order valence-corrected chi connectivity index (χ4v) is 2.62. The van der Waals surface area contributed by atoms with E-state index in [0.717, 1.165) is 27.5 Å². The van der Waals surface area contributed by atoms with Crippen molar-refractivity contribution >= 4 is 23.2 Å². The first-order chi connectivity index (χ1) is 9.92. The first-order valence-corrected chi connectivity index (χ1v) is 7.59. The van der Waals surface area contributed by atoms with Crippen molar-refractivity contribution in [2.45, 2.75) is 26.8 Å². The Hall–Kier alpha value is -1.22. The first-order valence-electron chi connectivity index (χ1n) is 6.83. The third-order valence-electron chi connectivity index (χ3n) is 3.52. The summed E-state index contributed by atoms with van der Waals surface area (Å²) in [6.45, 7) is 5.99. The van der Waals surface area contributed by atoms with E-state index in [1.165, 1.54) is 0 Å². The molecule has 2 rings (SSSR count). The molecule has 1 N–H and O–H groups in total. The summed E-state index contributed by atoms with van der Waals surface area (Å²) in [6, 6.07) is 9.79. The smallest absolute Gasteiger partial charge is 0.128 e. The highest BCUT2D eigenvalue weighted by Crippen LogP contribution is 2.32. The second kappa shape index (κ2) is 6.69. The fraction of sp³-hybridized carbons (Fsp3) is 0.294. The molecule has 1 unspecified atom stereocenters. The number of aryl methyl sites for hydroxylation is 2. The fourth-order valence-electron chi connectivity index (χ4n) is 2.18. The summed E-state index contributed by atoms with van der Waals surface area (Å²) in [6.07, 6.45) is 0. The molecule has 0 amide bonds. The van der Waals surface area contributed by atoms with Gasteiger partial charge in [-0.05, 0) is 68.8 Å². The second-order valence-electron chi connectivity index (χ2n) is 5.17. The first kappa shape index (κ1) is 16.2. The van der Waals surface area contributed by atoms with Crippen LogP contribution in [-0.4, -0.2) is 7.05 Å². The molecule has 2 aromatic rings. The van der Waals surface area contributed by atoms with E-state index in [4.69, 9.17) is 27.9 Å². The second-order valence-corrected chi connectivity index (χ2v) is 5.95. The molecule has 0 saturated carbocycles. The van der Waals surface area contributed by atoms with Crippen LogP contribution >= 0.6 is 23.2 Å². The van der Waals surface area contributed by atoms with E-state index in [0.29, 0.717) is 10.8 Å². The van der Waals surface area contributed by atoms with Crippen molar-refractivity contribution in [3.8, 4) is 11.5 Å². The zero-order chi connectivity index (χ0) is 15.6. The van der Waals surface area contributed by atoms with Gasteiger partial charge in [0.05, 0.1) is 0 Å². The number of ether oxygens (including phenoxy) is 1. The number of nitrogens with one attached hydrogen (secondary N) is 1. The van der Waals surface area contributed by atoms with Crippen molar-refractivity contribution in [2.24, 2.45) is 0 Å². The maximum Gasteiger partial charge on any atom is 0.128 e. The van der Waals surface area contributed by atoms with E-state index in [-0.39, 0.29) is 6.04 Å². The Balaban J connectivity index is 2.26. The molecule has 112 valence electrons. The Labute approximate surface area is 136 Å². The molecular formula is C17H19Cl2NO. The predicted molar refractivity (Wildman–Crippen MR) is 89.9 cm³/mol. The lowest BCUT2D eigenvalue weighted by molar-refractivity contribution is 0.481. The molecule has 0 heterocycles. The SMILES string of the molecule is CNC(C)c1ccc(Oc2cc(C)c(Cl)c(C)c2)cc1Cl. The highest BCUT2D eigenvalue weighted by atomic mass is 35.5. The molecule has 0 fully saturated rings. The summed E-state index contributed by atoms with van der Waals surface area (Å²) in [5.74, 6) is 1.48. The van der Waals surface area contributed by atoms with Crippen LogP contribution in [0.25, 0.3) is 0 Å². The molecule has 0 aliphatic rings. The van der Waals surface area contributed by atoms with Gasteiger partial charge in [-0.1, -0.05) is 29.3 Å². The number of rotatable bonds is 4. The summed E-state index contributed by atoms with van der Waals surface area (Å²) >= 11 is 12.5. The molecule has 21 heavy (non-hydrogen) atoms. The molecule has 0 aliphatic heterocycles. The standard InChI is InChI=1S/C17H19Cl2NO/c1-10-7-14(8-11(2)17(10)19)21-13-5-6-15(12(3)20-4)16(18)9-13/h5-9,12,20H,1-4H3. The van der Waals surface area contributed by atoms with E-state index in [1.54, 1.807) is 0 Å². The average molecular weight is 324 g/mol. The summed E-state index contributed by atoms with van der Waals surface area (Å²) < 4.78 is 5.88. The minimum absolute atomic E-state index is 0.201. The van der Waals surface area contributed by atoms with Crippen molar-refractivity contribution in [1.29, 1.82) is 0 Å². The van der Waals surface area contributed by atoms with Crippen LogP contribution in [0.4, 0.5) is 0 Å². The van der Waals surface area contributed by atoms with Gasteiger partial charge in [-0.15, -0.1) is 0 Å². The molecule has 4 heteroatoms. The van der Waals surface area contributed by atoms with Crippen molar-refractivity contribution in [2.75, 3.05) is 7.05 Å². The largest absolute Gasteiger partial charge is 0.457 e. The van der Waals surface area contributed by atoms with Crippen molar-refractivity contribution < 1.29 is 4.74 Å². The molecule has 0 saturated heterocycles. The zero-order valence-corrected chi connectivity index (χ0v) is 14.1. The van der Waals surface area contributed by atoms with Crippen molar-refractivity contribution in [3.63, 3.8) is 0 Å². The normalized spacial score (nSPS) is 12.3. The van der Waals surface area contributed by atoms with Gasteiger partial charge in [0.2, 0.25) is 0 Å². The molecule has 0 spiro atoms. The highest BCUT2D eigenvalue weighted by molar-refractivity contribution is 6.32. The Morgan fingerprint density at radius 3 is 2.14 bits per heavy atom. The molecule has 0 aliphatic carbocycles. The van der Waals surface area contributed by atoms with E-state index < -0.39 is 0 Å². The third-order valence-corrected chi connectivity index (χ3v) is 4.44. The minimum atomic E-state index is 0.201. The van der Waals surface area contributed by atoms with Crippen LogP contribution in [0.3, 0.4) is 0 Å². The average Bonchev–Trinajstić information content (AvgIpc) is 2.44. The third kappa shape index (κ3) is 3.70. The lowest BCUT2D eigenvalue weighted by Gasteiger charge is -2.14. The minimum Gasteiger partial charge on any atom is -0.457 e. The Kier molecular flexibility index (Phi) is 5.15. The van der Waals surface area contributed by atoms with Gasteiger partial charge in [0, 0.05) is 16.1 Å². The summed E-state index contributed by atoms with van der Waals surface area (Å²) in [7, 11) is 1.91. The van der Waals surface area contributed by atoms with Gasteiger partial charge in [-0.3, -0.25) is 0 Å². The lowest BCUT2D eigenvalue weighted by Crippen LogP contribution is -2.12. The number of hydrogen-bond acceptors (Lipinski definition) is 2. The number of hydrogen-bond donors (Lipinski definition) is 1. The maximum absolute atomic E-state index is 6.32. The predicted octanol–water partition coefficient (Wildman–Crippen LogP) is 5.68. The summed E-state index contributed by atoms with van der Waals surface area (Å²) in [4.78, 5) is 0. The van der Waals surface area contributed by atoms with Crippen LogP contribution in [0, 0.1) is 13.8 Å². The Bertz CT molecular complexity index is 632. The van der Waals surface area contributed by atoms with E-state index in [1.807, 2.05) is 51.2 Å². The highest BCUT2D eigenvalue weighted by Gasteiger charge is 2.10. The Morgan fingerprint density at radius 1 is 1.00 bits per heavy atom. The molecule has 0 radical (unpaired) electrons. The van der Waals surface area contributed by atoms with Gasteiger partial charge in [-0.2, -0.15) is 0 Å².